The van der Waals surface area contributed by atoms with Crippen molar-refractivity contribution < 1.29 is 9.53 Å². The molecule has 3 saturated carbocycles. The van der Waals surface area contributed by atoms with Crippen molar-refractivity contribution in [2.24, 2.45) is 46.3 Å². The van der Waals surface area contributed by atoms with Crippen LogP contribution in [0.1, 0.15) is 116 Å². The third-order valence-electron chi connectivity index (χ3n) is 11.6. The van der Waals surface area contributed by atoms with Gasteiger partial charge in [0.15, 0.2) is 0 Å². The zero-order valence-corrected chi connectivity index (χ0v) is 24.7. The van der Waals surface area contributed by atoms with E-state index in [1.165, 1.54) is 51.4 Å². The van der Waals surface area contributed by atoms with Gasteiger partial charge in [-0.1, -0.05) is 89.3 Å². The summed E-state index contributed by atoms with van der Waals surface area (Å²) < 4.78 is 6.00. The molecule has 4 aliphatic carbocycles. The van der Waals surface area contributed by atoms with Gasteiger partial charge in [0.05, 0.1) is 10.6 Å². The smallest absolute Gasteiger partial charge is 0.339 e. The highest BCUT2D eigenvalue weighted by molar-refractivity contribution is 6.33. The molecule has 1 aromatic carbocycles. The number of fused-ring (bicyclic) bond motifs is 5. The number of allylic oxidation sites excluding steroid dienone is 1. The van der Waals surface area contributed by atoms with Gasteiger partial charge in [-0.3, -0.25) is 0 Å². The lowest BCUT2D eigenvalue weighted by atomic mass is 9.47. The van der Waals surface area contributed by atoms with E-state index in [0.29, 0.717) is 16.0 Å². The van der Waals surface area contributed by atoms with Gasteiger partial charge in [0.1, 0.15) is 6.10 Å². The van der Waals surface area contributed by atoms with Gasteiger partial charge in [-0.25, -0.2) is 4.79 Å². The number of rotatable bonds is 7. The maximum absolute atomic E-state index is 12.8. The van der Waals surface area contributed by atoms with Crippen LogP contribution in [0, 0.1) is 46.3 Å². The van der Waals surface area contributed by atoms with Crippen LogP contribution in [0.25, 0.3) is 0 Å². The number of carbonyl (C=O) groups is 1. The predicted molar refractivity (Wildman–Crippen MR) is 154 cm³/mol. The molecule has 1 aromatic rings. The summed E-state index contributed by atoms with van der Waals surface area (Å²) in [5, 5.41) is 0.474. The van der Waals surface area contributed by atoms with Gasteiger partial charge in [-0.15, -0.1) is 0 Å². The number of ether oxygens (including phenoxy) is 1. The fourth-order valence-electron chi connectivity index (χ4n) is 9.59. The zero-order chi connectivity index (χ0) is 26.4. The molecule has 0 spiro atoms. The van der Waals surface area contributed by atoms with E-state index in [-0.39, 0.29) is 17.5 Å². The SMILES string of the molecule is CC(C)CCC[C@H](C)[C@H]1CC[C@H]2[C@@H]3CC=C4C[C@H](OC(=O)c5ccccc5Cl)CC[C@]4(C)[C@H]3CC[C@]12C. The molecule has 2 nitrogen and oxygen atoms in total. The van der Waals surface area contributed by atoms with Gasteiger partial charge in [0.2, 0.25) is 0 Å². The van der Waals surface area contributed by atoms with E-state index in [4.69, 9.17) is 16.3 Å². The van der Waals surface area contributed by atoms with Crippen molar-refractivity contribution in [3.63, 3.8) is 0 Å². The molecular weight excluding hydrogens is 476 g/mol. The molecule has 5 rings (SSSR count). The van der Waals surface area contributed by atoms with E-state index in [1.807, 2.05) is 12.1 Å². The minimum Gasteiger partial charge on any atom is -0.458 e. The standard InChI is InChI=1S/C34H49ClO2/c1-22(2)9-8-10-23(3)28-15-16-29-26-14-13-24-21-25(37-32(36)27-11-6-7-12-31(27)35)17-19-33(24,4)30(26)18-20-34(28,29)5/h6-7,11-13,22-23,25-26,28-30H,8-10,14-21H2,1-5H3/t23-,25+,26-,28+,29-,30-,33-,34+/m0/s1. The molecule has 0 saturated heterocycles. The molecule has 0 amide bonds. The summed E-state index contributed by atoms with van der Waals surface area (Å²) in [5.74, 6) is 4.83. The van der Waals surface area contributed by atoms with Crippen LogP contribution in [0.15, 0.2) is 35.9 Å². The fourth-order valence-corrected chi connectivity index (χ4v) is 9.81. The van der Waals surface area contributed by atoms with Crippen molar-refractivity contribution in [1.82, 2.24) is 0 Å². The van der Waals surface area contributed by atoms with E-state index in [2.05, 4.69) is 40.7 Å². The topological polar surface area (TPSA) is 26.3 Å². The van der Waals surface area contributed by atoms with E-state index >= 15 is 0 Å². The minimum atomic E-state index is -0.276. The van der Waals surface area contributed by atoms with Crippen molar-refractivity contribution in [3.05, 3.63) is 46.5 Å². The van der Waals surface area contributed by atoms with Gasteiger partial charge >= 0.3 is 5.97 Å². The molecule has 0 unspecified atom stereocenters. The van der Waals surface area contributed by atoms with Gasteiger partial charge in [0.25, 0.3) is 0 Å². The Morgan fingerprint density at radius 3 is 2.57 bits per heavy atom. The summed E-state index contributed by atoms with van der Waals surface area (Å²) in [5.41, 5.74) is 2.86. The van der Waals surface area contributed by atoms with Gasteiger partial charge in [-0.05, 0) is 103 Å². The Morgan fingerprint density at radius 2 is 1.81 bits per heavy atom. The highest BCUT2D eigenvalue weighted by Gasteiger charge is 2.59. The Balaban J connectivity index is 1.26. The van der Waals surface area contributed by atoms with E-state index in [1.54, 1.807) is 17.7 Å². The second kappa shape index (κ2) is 10.7. The minimum absolute atomic E-state index is 0.0314. The van der Waals surface area contributed by atoms with Crippen LogP contribution in [-0.4, -0.2) is 12.1 Å². The monoisotopic (exact) mass is 524 g/mol. The molecule has 0 aliphatic heterocycles. The van der Waals surface area contributed by atoms with E-state index in [0.717, 1.165) is 54.8 Å². The van der Waals surface area contributed by atoms with Crippen molar-refractivity contribution >= 4 is 17.6 Å². The maximum Gasteiger partial charge on any atom is 0.339 e. The highest BCUT2D eigenvalue weighted by atomic mass is 35.5. The second-order valence-electron chi connectivity index (χ2n) is 14.0. The molecule has 3 fully saturated rings. The van der Waals surface area contributed by atoms with Crippen molar-refractivity contribution in [2.75, 3.05) is 0 Å². The van der Waals surface area contributed by atoms with E-state index in [9.17, 15) is 4.79 Å². The highest BCUT2D eigenvalue weighted by Crippen LogP contribution is 2.67. The van der Waals surface area contributed by atoms with Gasteiger partial charge in [0, 0.05) is 6.42 Å². The number of benzene rings is 1. The molecule has 4 aliphatic rings. The number of hydrogen-bond donors (Lipinski definition) is 0. The van der Waals surface area contributed by atoms with Crippen molar-refractivity contribution in [3.8, 4) is 0 Å². The molecule has 0 radical (unpaired) electrons. The van der Waals surface area contributed by atoms with Gasteiger partial charge < -0.3 is 4.74 Å². The van der Waals surface area contributed by atoms with Crippen molar-refractivity contribution in [1.29, 1.82) is 0 Å². The van der Waals surface area contributed by atoms with Gasteiger partial charge in [-0.2, -0.15) is 0 Å². The molecular formula is C34H49ClO2. The summed E-state index contributed by atoms with van der Waals surface area (Å²) in [6.45, 7) is 12.5. The average molecular weight is 525 g/mol. The van der Waals surface area contributed by atoms with Crippen LogP contribution in [-0.2, 0) is 4.74 Å². The summed E-state index contributed by atoms with van der Waals surface area (Å²) in [4.78, 5) is 12.8. The first-order valence-corrected chi connectivity index (χ1v) is 15.7. The summed E-state index contributed by atoms with van der Waals surface area (Å²) in [6.07, 6.45) is 16.6. The largest absolute Gasteiger partial charge is 0.458 e. The number of hydrogen-bond acceptors (Lipinski definition) is 2. The third kappa shape index (κ3) is 5.06. The number of carbonyl (C=O) groups excluding carboxylic acids is 1. The molecule has 8 atom stereocenters. The normalized spacial score (nSPS) is 37.8. The zero-order valence-electron chi connectivity index (χ0n) is 23.9. The molecule has 0 bridgehead atoms. The molecule has 3 heteroatoms. The average Bonchev–Trinajstić information content (AvgIpc) is 3.21. The Hall–Kier alpha value is -1.28. The number of esters is 1. The summed E-state index contributed by atoms with van der Waals surface area (Å²) in [7, 11) is 0. The lowest BCUT2D eigenvalue weighted by Crippen LogP contribution is -2.51. The first-order valence-electron chi connectivity index (χ1n) is 15.3. The van der Waals surface area contributed by atoms with E-state index < -0.39 is 0 Å². The predicted octanol–water partition coefficient (Wildman–Crippen LogP) is 9.91. The van der Waals surface area contributed by atoms with Crippen LogP contribution < -0.4 is 0 Å². The van der Waals surface area contributed by atoms with Crippen LogP contribution in [0.4, 0.5) is 0 Å². The fraction of sp³-hybridized carbons (Fsp3) is 0.735. The van der Waals surface area contributed by atoms with Crippen molar-refractivity contribution in [2.45, 2.75) is 111 Å². The molecule has 0 N–H and O–H groups in total. The third-order valence-corrected chi connectivity index (χ3v) is 12.0. The first kappa shape index (κ1) is 27.3. The van der Waals surface area contributed by atoms with Crippen LogP contribution >= 0.6 is 11.6 Å². The molecule has 0 heterocycles. The maximum atomic E-state index is 12.8. The molecule has 37 heavy (non-hydrogen) atoms. The Bertz CT molecular complexity index is 1010. The Kier molecular flexibility index (Phi) is 7.90. The summed E-state index contributed by atoms with van der Waals surface area (Å²) >= 11 is 6.26. The van der Waals surface area contributed by atoms with Crippen LogP contribution in [0.2, 0.25) is 5.02 Å². The Morgan fingerprint density at radius 1 is 1.03 bits per heavy atom. The lowest BCUT2D eigenvalue weighted by Gasteiger charge is -2.58. The van der Waals surface area contributed by atoms with Crippen LogP contribution in [0.5, 0.6) is 0 Å². The first-order chi connectivity index (χ1) is 17.6. The molecule has 0 aromatic heterocycles. The van der Waals surface area contributed by atoms with Crippen LogP contribution in [0.3, 0.4) is 0 Å². The lowest BCUT2D eigenvalue weighted by molar-refractivity contribution is -0.0594. The molecule has 204 valence electrons. The Labute approximate surface area is 231 Å². The number of halogens is 1. The summed E-state index contributed by atoms with van der Waals surface area (Å²) in [6, 6.07) is 7.22. The second-order valence-corrected chi connectivity index (χ2v) is 14.4. The quantitative estimate of drug-likeness (QED) is 0.262.